The van der Waals surface area contributed by atoms with Crippen molar-refractivity contribution in [3.63, 3.8) is 0 Å². The number of thiophene rings is 1. The number of phenolic OH excluding ortho intramolecular Hbond substituents is 1. The van der Waals surface area contributed by atoms with E-state index in [1.54, 1.807) is 17.4 Å². The number of ether oxygens (including phenoxy) is 1. The van der Waals surface area contributed by atoms with Crippen molar-refractivity contribution in [3.05, 3.63) is 98.4 Å². The van der Waals surface area contributed by atoms with Crippen molar-refractivity contribution in [2.45, 2.75) is 91.1 Å². The van der Waals surface area contributed by atoms with Gasteiger partial charge < -0.3 is 20.1 Å². The number of hydrogen-bond donors (Lipinski definition) is 4. The maximum absolute atomic E-state index is 12.5. The van der Waals surface area contributed by atoms with Gasteiger partial charge in [-0.2, -0.15) is 5.26 Å². The lowest BCUT2D eigenvalue weighted by molar-refractivity contribution is -0.115. The van der Waals surface area contributed by atoms with Crippen molar-refractivity contribution >= 4 is 46.1 Å². The first kappa shape index (κ1) is 40.9. The Hall–Kier alpha value is -5.32. The van der Waals surface area contributed by atoms with Crippen LogP contribution in [-0.4, -0.2) is 73.7 Å². The van der Waals surface area contributed by atoms with Crippen LogP contribution in [-0.2, 0) is 11.3 Å². The van der Waals surface area contributed by atoms with Crippen LogP contribution in [0, 0.1) is 54.3 Å². The van der Waals surface area contributed by atoms with E-state index in [4.69, 9.17) is 42.5 Å². The van der Waals surface area contributed by atoms with Crippen LogP contribution in [0.15, 0.2) is 59.6 Å². The molecule has 4 heterocycles. The van der Waals surface area contributed by atoms with Gasteiger partial charge in [0.25, 0.3) is 5.91 Å². The summed E-state index contributed by atoms with van der Waals surface area (Å²) >= 11 is 7.32. The van der Waals surface area contributed by atoms with Gasteiger partial charge >= 0.3 is 0 Å². The predicted molar refractivity (Wildman–Crippen MR) is 228 cm³/mol. The maximum atomic E-state index is 12.5. The molecule has 2 aliphatic heterocycles. The Labute approximate surface area is 348 Å². The van der Waals surface area contributed by atoms with E-state index in [1.165, 1.54) is 47.6 Å². The van der Waals surface area contributed by atoms with Gasteiger partial charge in [-0.05, 0) is 131 Å². The molecule has 1 amide bonds. The molecule has 1 spiro atoms. The van der Waals surface area contributed by atoms with E-state index in [-0.39, 0.29) is 33.8 Å². The lowest BCUT2D eigenvalue weighted by atomic mass is 9.58. The van der Waals surface area contributed by atoms with Crippen LogP contribution in [0.25, 0.3) is 5.00 Å². The van der Waals surface area contributed by atoms with Gasteiger partial charge in [0.15, 0.2) is 5.82 Å². The van der Waals surface area contributed by atoms with Gasteiger partial charge in [-0.15, -0.1) is 21.5 Å². The van der Waals surface area contributed by atoms with Crippen LogP contribution >= 0.6 is 22.9 Å². The van der Waals surface area contributed by atoms with Gasteiger partial charge in [-0.25, -0.2) is 0 Å². The zero-order chi connectivity index (χ0) is 41.0. The molecule has 58 heavy (non-hydrogen) atoms. The molecule has 4 aliphatic rings. The average Bonchev–Trinajstić information content (AvgIpc) is 3.66. The Morgan fingerprint density at radius 3 is 2.57 bits per heavy atom. The van der Waals surface area contributed by atoms with E-state index in [9.17, 15) is 4.79 Å². The number of carbonyl (C=O) groups is 1. The molecule has 4 N–H and O–H groups in total. The van der Waals surface area contributed by atoms with Crippen LogP contribution in [0.3, 0.4) is 0 Å². The van der Waals surface area contributed by atoms with Crippen LogP contribution in [0.1, 0.15) is 96.6 Å². The zero-order valence-electron chi connectivity index (χ0n) is 33.3. The highest BCUT2D eigenvalue weighted by molar-refractivity contribution is 7.15. The summed E-state index contributed by atoms with van der Waals surface area (Å²) in [5.74, 6) is 3.24. The Kier molecular flexibility index (Phi) is 12.4. The minimum absolute atomic E-state index is 0.0731. The number of halogens is 1. The lowest BCUT2D eigenvalue weighted by Gasteiger charge is -2.53. The molecule has 4 aromatic rings. The molecule has 0 radical (unpaired) electrons. The normalized spacial score (nSPS) is 20.1. The summed E-state index contributed by atoms with van der Waals surface area (Å²) in [6.45, 7) is 9.20. The van der Waals surface area contributed by atoms with Gasteiger partial charge in [0.1, 0.15) is 46.5 Å². The summed E-state index contributed by atoms with van der Waals surface area (Å²) in [6.07, 6.45) is 13.0. The monoisotopic (exact) mass is 819 g/mol. The highest BCUT2D eigenvalue weighted by Crippen LogP contribution is 2.51. The molecule has 0 bridgehead atoms. The number of benzene rings is 2. The molecule has 0 atom stereocenters. The molecule has 2 aromatic carbocycles. The van der Waals surface area contributed by atoms with Gasteiger partial charge in [0, 0.05) is 35.1 Å². The highest BCUT2D eigenvalue weighted by atomic mass is 35.5. The number of hydrogen-bond acceptors (Lipinski definition) is 10. The molecule has 1 saturated heterocycles. The number of piperidine rings is 1. The van der Waals surface area contributed by atoms with Gasteiger partial charge in [0.2, 0.25) is 0 Å². The number of carbonyl (C=O) groups excluding carboxylic acids is 1. The van der Waals surface area contributed by atoms with Crippen molar-refractivity contribution < 1.29 is 14.6 Å². The quantitative estimate of drug-likeness (QED) is 0.102. The fourth-order valence-electron chi connectivity index (χ4n) is 8.68. The summed E-state index contributed by atoms with van der Waals surface area (Å²) in [7, 11) is 0. The number of fused-ring (bicyclic) bond motifs is 3. The van der Waals surface area contributed by atoms with Crippen LogP contribution < -0.4 is 10.1 Å². The number of nitriles is 1. The van der Waals surface area contributed by atoms with E-state index in [0.717, 1.165) is 97.3 Å². The number of amidine groups is 1. The maximum Gasteiger partial charge on any atom is 0.269 e. The first-order valence-electron chi connectivity index (χ1n) is 20.0. The fourth-order valence-corrected chi connectivity index (χ4v) is 10.1. The van der Waals surface area contributed by atoms with Crippen molar-refractivity contribution in [3.8, 4) is 22.6 Å². The molecule has 12 nitrogen and oxygen atoms in total. The number of likely N-dealkylation sites (tertiary alicyclic amines) is 1. The number of nitrogens with one attached hydrogen (secondary N) is 3. The summed E-state index contributed by atoms with van der Waals surface area (Å²) in [6, 6.07) is 14.6. The van der Waals surface area contributed by atoms with E-state index in [1.807, 2.05) is 13.0 Å². The molecule has 2 aliphatic carbocycles. The molecular formula is C44H50ClN9O3S. The molecule has 2 aromatic heterocycles. The summed E-state index contributed by atoms with van der Waals surface area (Å²) in [5, 5.41) is 47.2. The van der Waals surface area contributed by atoms with Gasteiger partial charge in [-0.3, -0.25) is 25.2 Å². The fraction of sp³-hybridized carbons (Fsp3) is 0.432. The number of aromatic hydroxyl groups is 1. The third kappa shape index (κ3) is 9.03. The van der Waals surface area contributed by atoms with Crippen molar-refractivity contribution in [1.29, 1.82) is 16.1 Å². The minimum Gasteiger partial charge on any atom is -0.508 e. The average molecular weight is 820 g/mol. The van der Waals surface area contributed by atoms with Gasteiger partial charge in [-0.1, -0.05) is 30.9 Å². The van der Waals surface area contributed by atoms with Crippen LogP contribution in [0.2, 0.25) is 5.02 Å². The van der Waals surface area contributed by atoms with E-state index in [2.05, 4.69) is 63.1 Å². The molecule has 0 unspecified atom stereocenters. The third-order valence-electron chi connectivity index (χ3n) is 11.8. The number of amides is 1. The van der Waals surface area contributed by atoms with E-state index < -0.39 is 0 Å². The standard InChI is InChI=1S/C37H46N8O2S.C7H4ClNO/c1-23-24(2)48-36-33(23)34(40-20-32-43-42-25(3)45(32)36)27-10-12-29(13-11-27)47-21-26-18-37(19-26)16-7-17-44(22-37)31(39)15-14-30(38)35(46)41-28-8-5-4-6-9-28;8-7-3-6(10)2-1-5(7)4-9/h10-15,26,28,38-39H,4-9,16-22H2,1-3H3,(H,41,46);1-3,10H/b15-14-,38-30?,39-31?;. The number of nitrogens with zero attached hydrogens (tertiary/aromatic N) is 6. The molecule has 8 rings (SSSR count). The Balaban J connectivity index is 0.000000449. The molecule has 14 heteroatoms. The Morgan fingerprint density at radius 2 is 1.84 bits per heavy atom. The van der Waals surface area contributed by atoms with E-state index >= 15 is 0 Å². The second kappa shape index (κ2) is 17.7. The Bertz CT molecular complexity index is 2290. The van der Waals surface area contributed by atoms with Crippen LogP contribution in [0.4, 0.5) is 0 Å². The lowest BCUT2D eigenvalue weighted by Crippen LogP contribution is -2.52. The third-order valence-corrected chi connectivity index (χ3v) is 13.3. The SMILES string of the molecule is Cc1sc2c(c1C)C(c1ccc(OCC3CC4(CCCN(C(=N)/C=C\C(=N)C(=O)NC5CCCCC5)C4)C3)cc1)=NCc1nnc(C)n1-2.N#Cc1ccc(O)cc1Cl. The topological polar surface area (TPSA) is 176 Å². The first-order valence-corrected chi connectivity index (χ1v) is 21.2. The molecule has 3 fully saturated rings. The first-order chi connectivity index (χ1) is 27.9. The number of aliphatic imine (C=N–C) groups is 1. The molecule has 302 valence electrons. The van der Waals surface area contributed by atoms with E-state index in [0.29, 0.717) is 30.5 Å². The second-order valence-electron chi connectivity index (χ2n) is 16.0. The van der Waals surface area contributed by atoms with Gasteiger partial charge in [0.05, 0.1) is 22.9 Å². The van der Waals surface area contributed by atoms with Crippen molar-refractivity contribution in [2.24, 2.45) is 16.3 Å². The van der Waals surface area contributed by atoms with Crippen molar-refractivity contribution in [1.82, 2.24) is 25.0 Å². The number of aromatic nitrogens is 3. The number of phenols is 1. The number of aryl methyl sites for hydroxylation is 2. The molecule has 2 saturated carbocycles. The molecular weight excluding hydrogens is 770 g/mol. The van der Waals surface area contributed by atoms with Crippen LogP contribution in [0.5, 0.6) is 11.5 Å². The highest BCUT2D eigenvalue weighted by Gasteiger charge is 2.47. The zero-order valence-corrected chi connectivity index (χ0v) is 34.8. The minimum atomic E-state index is -0.335. The summed E-state index contributed by atoms with van der Waals surface area (Å²) < 4.78 is 8.44. The number of rotatable bonds is 8. The summed E-state index contributed by atoms with van der Waals surface area (Å²) in [4.78, 5) is 20.9. The predicted octanol–water partition coefficient (Wildman–Crippen LogP) is 8.40. The largest absolute Gasteiger partial charge is 0.508 e. The Morgan fingerprint density at radius 1 is 1.09 bits per heavy atom. The summed E-state index contributed by atoms with van der Waals surface area (Å²) in [5.41, 5.74) is 4.99. The van der Waals surface area contributed by atoms with Crippen molar-refractivity contribution in [2.75, 3.05) is 19.7 Å². The smallest absolute Gasteiger partial charge is 0.269 e. The second-order valence-corrected chi connectivity index (χ2v) is 17.6.